The molecule has 0 heterocycles. The topological polar surface area (TPSA) is 70.6 Å². The third kappa shape index (κ3) is 5.82. The number of aryl methyl sites for hydroxylation is 1. The predicted molar refractivity (Wildman–Crippen MR) is 126 cm³/mol. The monoisotopic (exact) mass is 551 g/mol. The van der Waals surface area contributed by atoms with Gasteiger partial charge in [0, 0.05) is 42.4 Å². The Morgan fingerprint density at radius 1 is 1.31 bits per heavy atom. The van der Waals surface area contributed by atoms with Crippen molar-refractivity contribution in [3.05, 3.63) is 63.9 Å². The highest BCUT2D eigenvalue weighted by molar-refractivity contribution is 14.0. The van der Waals surface area contributed by atoms with E-state index in [0.29, 0.717) is 33.5 Å². The Hall–Kier alpha value is -1.39. The zero-order valence-corrected chi connectivity index (χ0v) is 20.3. The third-order valence-electron chi connectivity index (χ3n) is 4.81. The highest BCUT2D eigenvalue weighted by atomic mass is 127. The molecule has 2 atom stereocenters. The van der Waals surface area contributed by atoms with E-state index < -0.39 is 9.84 Å². The Morgan fingerprint density at radius 3 is 2.62 bits per heavy atom. The quantitative estimate of drug-likeness (QED) is 0.335. The molecule has 2 aromatic carbocycles. The number of nitrogens with zero attached hydrogens (tertiary/aromatic N) is 1. The summed E-state index contributed by atoms with van der Waals surface area (Å²) in [4.78, 5) is 4.54. The first-order chi connectivity index (χ1) is 13.2. The van der Waals surface area contributed by atoms with Gasteiger partial charge in [0.15, 0.2) is 15.8 Å². The Bertz CT molecular complexity index is 1010. The maximum Gasteiger partial charge on any atom is 0.191 e. The largest absolute Gasteiger partial charge is 0.353 e. The Kier molecular flexibility index (Phi) is 7.92. The Morgan fingerprint density at radius 2 is 2.03 bits per heavy atom. The van der Waals surface area contributed by atoms with Crippen molar-refractivity contribution in [3.8, 4) is 0 Å². The lowest BCUT2D eigenvalue weighted by Crippen LogP contribution is -2.38. The number of aliphatic imine (C=N–C) groups is 1. The van der Waals surface area contributed by atoms with Crippen molar-refractivity contribution in [2.75, 3.05) is 13.3 Å². The van der Waals surface area contributed by atoms with Gasteiger partial charge in [-0.05, 0) is 42.7 Å². The van der Waals surface area contributed by atoms with Crippen LogP contribution in [0.25, 0.3) is 0 Å². The number of halogens is 3. The molecule has 0 aliphatic heterocycles. The number of guanidine groups is 1. The van der Waals surface area contributed by atoms with E-state index in [-0.39, 0.29) is 41.8 Å². The van der Waals surface area contributed by atoms with Crippen molar-refractivity contribution < 1.29 is 12.8 Å². The van der Waals surface area contributed by atoms with E-state index in [9.17, 15) is 12.8 Å². The molecule has 0 aromatic heterocycles. The van der Waals surface area contributed by atoms with E-state index >= 15 is 0 Å². The lowest BCUT2D eigenvalue weighted by molar-refractivity contribution is 0.601. The van der Waals surface area contributed by atoms with E-state index in [1.54, 1.807) is 38.2 Å². The highest BCUT2D eigenvalue weighted by Gasteiger charge is 2.41. The van der Waals surface area contributed by atoms with Crippen LogP contribution in [0.2, 0.25) is 5.02 Å². The molecule has 3 rings (SSSR count). The molecule has 158 valence electrons. The Balaban J connectivity index is 0.00000300. The third-order valence-corrected chi connectivity index (χ3v) is 6.39. The van der Waals surface area contributed by atoms with Crippen LogP contribution < -0.4 is 10.6 Å². The normalized spacial score (nSPS) is 18.7. The second kappa shape index (κ2) is 9.61. The van der Waals surface area contributed by atoms with Crippen LogP contribution in [-0.4, -0.2) is 33.7 Å². The van der Waals surface area contributed by atoms with Gasteiger partial charge >= 0.3 is 0 Å². The molecule has 0 spiro atoms. The maximum absolute atomic E-state index is 14.1. The van der Waals surface area contributed by atoms with Gasteiger partial charge in [-0.15, -0.1) is 24.0 Å². The van der Waals surface area contributed by atoms with E-state index in [0.717, 1.165) is 12.0 Å². The standard InChI is InChI=1S/C20H23ClFN3O2S.HI/c1-12-9-13(7-8-18(12)28(3,26)27)11-24-20(23-2)25-17-10-14(17)19-15(21)5-4-6-16(19)22;/h4-9,14,17H,10-11H2,1-3H3,(H2,23,24,25);1H. The molecule has 2 N–H and O–H groups in total. The predicted octanol–water partition coefficient (Wildman–Crippen LogP) is 4.03. The maximum atomic E-state index is 14.1. The van der Waals surface area contributed by atoms with Gasteiger partial charge in [0.05, 0.1) is 4.90 Å². The molecule has 29 heavy (non-hydrogen) atoms. The van der Waals surface area contributed by atoms with Crippen molar-refractivity contribution in [1.82, 2.24) is 10.6 Å². The van der Waals surface area contributed by atoms with Crippen molar-refractivity contribution in [3.63, 3.8) is 0 Å². The van der Waals surface area contributed by atoms with Gasteiger partial charge in [-0.25, -0.2) is 12.8 Å². The molecule has 5 nitrogen and oxygen atoms in total. The molecule has 9 heteroatoms. The average Bonchev–Trinajstić information content (AvgIpc) is 3.36. The molecule has 0 amide bonds. The molecular weight excluding hydrogens is 528 g/mol. The molecule has 2 aromatic rings. The summed E-state index contributed by atoms with van der Waals surface area (Å²) in [6.07, 6.45) is 1.98. The lowest BCUT2D eigenvalue weighted by atomic mass is 10.1. The van der Waals surface area contributed by atoms with Crippen LogP contribution in [0, 0.1) is 12.7 Å². The van der Waals surface area contributed by atoms with Crippen LogP contribution in [0.3, 0.4) is 0 Å². The molecule has 0 bridgehead atoms. The van der Waals surface area contributed by atoms with Gasteiger partial charge in [0.1, 0.15) is 5.82 Å². The summed E-state index contributed by atoms with van der Waals surface area (Å²) in [6, 6.07) is 10.0. The van der Waals surface area contributed by atoms with E-state index in [1.165, 1.54) is 12.3 Å². The first-order valence-corrected chi connectivity index (χ1v) is 11.2. The summed E-state index contributed by atoms with van der Waals surface area (Å²) in [7, 11) is -1.56. The molecule has 1 aliphatic carbocycles. The van der Waals surface area contributed by atoms with Crippen molar-refractivity contribution in [2.45, 2.75) is 36.7 Å². The fourth-order valence-electron chi connectivity index (χ4n) is 3.33. The molecule has 0 saturated heterocycles. The minimum atomic E-state index is -3.23. The molecule has 1 aliphatic rings. The van der Waals surface area contributed by atoms with Gasteiger partial charge in [0.25, 0.3) is 0 Å². The van der Waals surface area contributed by atoms with Crippen LogP contribution in [0.5, 0.6) is 0 Å². The van der Waals surface area contributed by atoms with Gasteiger partial charge in [-0.1, -0.05) is 29.8 Å². The molecular formula is C20H24ClFIN3O2S. The highest BCUT2D eigenvalue weighted by Crippen LogP contribution is 2.44. The summed E-state index contributed by atoms with van der Waals surface area (Å²) >= 11 is 6.14. The van der Waals surface area contributed by atoms with Gasteiger partial charge in [0.2, 0.25) is 0 Å². The van der Waals surface area contributed by atoms with E-state index in [1.807, 2.05) is 6.07 Å². The summed E-state index contributed by atoms with van der Waals surface area (Å²) in [6.45, 7) is 2.27. The second-order valence-corrected chi connectivity index (χ2v) is 9.42. The van der Waals surface area contributed by atoms with Crippen LogP contribution in [0.15, 0.2) is 46.3 Å². The summed E-state index contributed by atoms with van der Waals surface area (Å²) in [5.74, 6) is 0.333. The molecule has 2 unspecified atom stereocenters. The SMILES string of the molecule is CN=C(NCc1ccc(S(C)(=O)=O)c(C)c1)NC1CC1c1c(F)cccc1Cl.I. The van der Waals surface area contributed by atoms with Gasteiger partial charge in [-0.2, -0.15) is 0 Å². The summed E-state index contributed by atoms with van der Waals surface area (Å²) < 4.78 is 37.5. The number of hydrogen-bond donors (Lipinski definition) is 2. The lowest BCUT2D eigenvalue weighted by Gasteiger charge is -2.13. The minimum Gasteiger partial charge on any atom is -0.353 e. The number of benzene rings is 2. The van der Waals surface area contributed by atoms with Crippen LogP contribution >= 0.6 is 35.6 Å². The molecule has 1 fully saturated rings. The second-order valence-electron chi connectivity index (χ2n) is 7.03. The zero-order chi connectivity index (χ0) is 20.5. The van der Waals surface area contributed by atoms with Gasteiger partial charge in [-0.3, -0.25) is 4.99 Å². The minimum absolute atomic E-state index is 0. The van der Waals surface area contributed by atoms with Crippen molar-refractivity contribution in [2.24, 2.45) is 4.99 Å². The van der Waals surface area contributed by atoms with E-state index in [2.05, 4.69) is 15.6 Å². The van der Waals surface area contributed by atoms with Crippen LogP contribution in [0.4, 0.5) is 4.39 Å². The van der Waals surface area contributed by atoms with E-state index in [4.69, 9.17) is 11.6 Å². The molecule has 1 saturated carbocycles. The number of hydrogen-bond acceptors (Lipinski definition) is 3. The fourth-order valence-corrected chi connectivity index (χ4v) is 4.59. The van der Waals surface area contributed by atoms with Crippen molar-refractivity contribution >= 4 is 51.4 Å². The summed E-state index contributed by atoms with van der Waals surface area (Å²) in [5.41, 5.74) is 2.20. The van der Waals surface area contributed by atoms with Crippen molar-refractivity contribution in [1.29, 1.82) is 0 Å². The summed E-state index contributed by atoms with van der Waals surface area (Å²) in [5, 5.41) is 6.93. The number of rotatable bonds is 5. The first kappa shape index (κ1) is 23.9. The smallest absolute Gasteiger partial charge is 0.191 e. The molecule has 0 radical (unpaired) electrons. The van der Waals surface area contributed by atoms with Gasteiger partial charge < -0.3 is 10.6 Å². The fraction of sp³-hybridized carbons (Fsp3) is 0.350. The zero-order valence-electron chi connectivity index (χ0n) is 16.4. The first-order valence-electron chi connectivity index (χ1n) is 8.91. The van der Waals surface area contributed by atoms with Crippen LogP contribution in [0.1, 0.15) is 29.0 Å². The number of nitrogens with one attached hydrogen (secondary N) is 2. The number of sulfone groups is 1. The van der Waals surface area contributed by atoms with Crippen LogP contribution in [-0.2, 0) is 16.4 Å². The Labute approximate surface area is 193 Å². The average molecular weight is 552 g/mol.